The number of hydrazine groups is 1. The Kier molecular flexibility index (Phi) is 7.31. The standard InChI is InChI=1S/C17H17Cl2N3O2S/c1-2-23-16-8-11(9-21-22-17(20)25)4-6-15(16)24-10-12-3-5-13(18)14(19)7-12/h3-9H,2,10H2,1H3,(H3,20,22,25)/p+1. The zero-order chi connectivity index (χ0) is 18.2. The fourth-order valence-electron chi connectivity index (χ4n) is 1.98. The molecule has 0 aliphatic heterocycles. The molecule has 2 rings (SSSR count). The van der Waals surface area contributed by atoms with Crippen LogP contribution in [0.4, 0.5) is 0 Å². The monoisotopic (exact) mass is 398 g/mol. The van der Waals surface area contributed by atoms with Gasteiger partial charge in [0.05, 0.1) is 16.7 Å². The number of thiocarbonyl (C=S) groups is 1. The van der Waals surface area contributed by atoms with Gasteiger partial charge in [0, 0.05) is 5.56 Å². The highest BCUT2D eigenvalue weighted by Gasteiger charge is 2.08. The normalized spacial score (nSPS) is 10.7. The molecule has 0 fully saturated rings. The summed E-state index contributed by atoms with van der Waals surface area (Å²) in [6, 6.07) is 10.9. The van der Waals surface area contributed by atoms with Gasteiger partial charge >= 0.3 is 0 Å². The van der Waals surface area contributed by atoms with Crippen LogP contribution in [-0.2, 0) is 6.61 Å². The minimum Gasteiger partial charge on any atom is -0.490 e. The molecule has 132 valence electrons. The number of nitrogens with one attached hydrogen (secondary N) is 2. The summed E-state index contributed by atoms with van der Waals surface area (Å²) in [6.45, 7) is 2.78. The molecule has 0 radical (unpaired) electrons. The summed E-state index contributed by atoms with van der Waals surface area (Å²) in [5.74, 6) is 1.26. The first-order chi connectivity index (χ1) is 12.0. The Balaban J connectivity index is 2.11. The summed E-state index contributed by atoms with van der Waals surface area (Å²) in [6.07, 6.45) is 1.71. The maximum Gasteiger partial charge on any atom is 0.221 e. The van der Waals surface area contributed by atoms with Crippen LogP contribution in [-0.4, -0.2) is 17.9 Å². The molecule has 0 unspecified atom stereocenters. The summed E-state index contributed by atoms with van der Waals surface area (Å²) in [7, 11) is 0. The molecule has 4 N–H and O–H groups in total. The fraction of sp³-hybridized carbons (Fsp3) is 0.176. The Labute approximate surface area is 161 Å². The summed E-state index contributed by atoms with van der Waals surface area (Å²) in [5.41, 5.74) is 9.75. The highest BCUT2D eigenvalue weighted by Crippen LogP contribution is 2.29. The van der Waals surface area contributed by atoms with Crippen molar-refractivity contribution >= 4 is 46.7 Å². The van der Waals surface area contributed by atoms with Gasteiger partial charge in [-0.05, 0) is 55.0 Å². The van der Waals surface area contributed by atoms with E-state index >= 15 is 0 Å². The van der Waals surface area contributed by atoms with Gasteiger partial charge in [0.25, 0.3) is 0 Å². The highest BCUT2D eigenvalue weighted by molar-refractivity contribution is 7.80. The summed E-state index contributed by atoms with van der Waals surface area (Å²) >= 11 is 16.7. The van der Waals surface area contributed by atoms with Gasteiger partial charge in [-0.2, -0.15) is 0 Å². The largest absolute Gasteiger partial charge is 0.490 e. The summed E-state index contributed by atoms with van der Waals surface area (Å²) in [5, 5.41) is 3.96. The quantitative estimate of drug-likeness (QED) is 0.379. The van der Waals surface area contributed by atoms with E-state index in [1.807, 2.05) is 31.2 Å². The van der Waals surface area contributed by atoms with Gasteiger partial charge in [0.2, 0.25) is 5.11 Å². The number of hydrogen-bond acceptors (Lipinski definition) is 3. The third kappa shape index (κ3) is 6.08. The maximum atomic E-state index is 6.02. The molecule has 8 heteroatoms. The zero-order valence-corrected chi connectivity index (χ0v) is 15.8. The fourth-order valence-corrected chi connectivity index (χ4v) is 2.36. The topological polar surface area (TPSA) is 70.5 Å². The van der Waals surface area contributed by atoms with E-state index in [0.717, 1.165) is 11.1 Å². The molecule has 2 aromatic rings. The Hall–Kier alpha value is -2.02. The molecule has 0 aromatic heterocycles. The van der Waals surface area contributed by atoms with Gasteiger partial charge in [-0.3, -0.25) is 0 Å². The summed E-state index contributed by atoms with van der Waals surface area (Å²) < 4.78 is 11.5. The Morgan fingerprint density at radius 3 is 2.64 bits per heavy atom. The van der Waals surface area contributed by atoms with Gasteiger partial charge in [-0.25, -0.2) is 0 Å². The molecule has 0 saturated heterocycles. The molecule has 0 aliphatic rings. The zero-order valence-electron chi connectivity index (χ0n) is 13.5. The van der Waals surface area contributed by atoms with Crippen LogP contribution >= 0.6 is 35.4 Å². The van der Waals surface area contributed by atoms with Crippen molar-refractivity contribution in [2.75, 3.05) is 6.61 Å². The molecule has 0 aliphatic carbocycles. The van der Waals surface area contributed by atoms with Crippen molar-refractivity contribution in [1.82, 2.24) is 5.43 Å². The van der Waals surface area contributed by atoms with Crippen LogP contribution in [0.5, 0.6) is 11.5 Å². The van der Waals surface area contributed by atoms with Crippen molar-refractivity contribution in [3.05, 3.63) is 57.6 Å². The average Bonchev–Trinajstić information content (AvgIpc) is 2.57. The van der Waals surface area contributed by atoms with E-state index in [1.165, 1.54) is 0 Å². The number of benzene rings is 2. The number of nitrogens with two attached hydrogens (primary N) is 1. The predicted molar refractivity (Wildman–Crippen MR) is 104 cm³/mol. The van der Waals surface area contributed by atoms with Crippen LogP contribution in [0.25, 0.3) is 0 Å². The second-order valence-corrected chi connectivity index (χ2v) is 6.21. The van der Waals surface area contributed by atoms with Crippen LogP contribution in [0.15, 0.2) is 36.4 Å². The lowest BCUT2D eigenvalue weighted by Gasteiger charge is -2.12. The lowest BCUT2D eigenvalue weighted by atomic mass is 10.2. The van der Waals surface area contributed by atoms with Crippen molar-refractivity contribution < 1.29 is 14.6 Å². The van der Waals surface area contributed by atoms with Crippen molar-refractivity contribution in [3.63, 3.8) is 0 Å². The number of hydrogen-bond donors (Lipinski definition) is 3. The third-order valence-electron chi connectivity index (χ3n) is 3.08. The van der Waals surface area contributed by atoms with Crippen LogP contribution in [0.2, 0.25) is 10.0 Å². The molecule has 0 amide bonds. The Bertz CT molecular complexity index is 784. The molecule has 5 nitrogen and oxygen atoms in total. The molecule has 0 atom stereocenters. The van der Waals surface area contributed by atoms with Crippen molar-refractivity contribution in [2.45, 2.75) is 13.5 Å². The van der Waals surface area contributed by atoms with Crippen molar-refractivity contribution in [1.29, 1.82) is 0 Å². The molecular weight excluding hydrogens is 381 g/mol. The van der Waals surface area contributed by atoms with E-state index in [2.05, 4.69) is 10.5 Å². The lowest BCUT2D eigenvalue weighted by molar-refractivity contribution is -0.499. The Morgan fingerprint density at radius 2 is 1.96 bits per heavy atom. The van der Waals surface area contributed by atoms with E-state index in [0.29, 0.717) is 34.8 Å². The average molecular weight is 399 g/mol. The minimum absolute atomic E-state index is 0.155. The molecular formula is C17H18Cl2N3O2S+. The highest BCUT2D eigenvalue weighted by atomic mass is 35.5. The molecule has 0 bridgehead atoms. The van der Waals surface area contributed by atoms with Gasteiger partial charge < -0.3 is 15.2 Å². The third-order valence-corrected chi connectivity index (χ3v) is 3.92. The van der Waals surface area contributed by atoms with Gasteiger partial charge in [-0.1, -0.05) is 29.3 Å². The first-order valence-corrected chi connectivity index (χ1v) is 8.63. The second-order valence-electron chi connectivity index (χ2n) is 4.95. The van der Waals surface area contributed by atoms with E-state index in [-0.39, 0.29) is 5.11 Å². The van der Waals surface area contributed by atoms with Crippen LogP contribution in [0.1, 0.15) is 18.1 Å². The first-order valence-electron chi connectivity index (χ1n) is 7.47. The lowest BCUT2D eigenvalue weighted by Crippen LogP contribution is -2.82. The number of hydrazone groups is 1. The van der Waals surface area contributed by atoms with Crippen molar-refractivity contribution in [3.8, 4) is 11.5 Å². The van der Waals surface area contributed by atoms with Gasteiger partial charge in [0.15, 0.2) is 17.7 Å². The van der Waals surface area contributed by atoms with Crippen molar-refractivity contribution in [2.24, 2.45) is 5.73 Å². The second kappa shape index (κ2) is 9.46. The number of halogens is 2. The molecule has 0 saturated carbocycles. The molecule has 0 heterocycles. The first kappa shape index (κ1) is 19.3. The van der Waals surface area contributed by atoms with Crippen LogP contribution in [0.3, 0.4) is 0 Å². The molecule has 25 heavy (non-hydrogen) atoms. The SMILES string of the molecule is CCOc1cc(C=[NH+]NC(N)=S)ccc1OCc1ccc(Cl)c(Cl)c1. The van der Waals surface area contributed by atoms with E-state index < -0.39 is 0 Å². The van der Waals surface area contributed by atoms with Gasteiger partial charge in [0.1, 0.15) is 6.61 Å². The number of ether oxygens (including phenoxy) is 2. The van der Waals surface area contributed by atoms with Crippen LogP contribution in [0, 0.1) is 0 Å². The van der Waals surface area contributed by atoms with E-state index in [9.17, 15) is 0 Å². The maximum absolute atomic E-state index is 6.02. The smallest absolute Gasteiger partial charge is 0.221 e. The number of rotatable bonds is 7. The minimum atomic E-state index is 0.155. The Morgan fingerprint density at radius 1 is 1.16 bits per heavy atom. The van der Waals surface area contributed by atoms with E-state index in [1.54, 1.807) is 18.3 Å². The van der Waals surface area contributed by atoms with Crippen LogP contribution < -0.4 is 25.7 Å². The summed E-state index contributed by atoms with van der Waals surface area (Å²) in [4.78, 5) is 0. The van der Waals surface area contributed by atoms with E-state index in [4.69, 9.17) is 50.6 Å². The van der Waals surface area contributed by atoms with Gasteiger partial charge in [-0.15, -0.1) is 10.5 Å². The molecule has 2 aromatic carbocycles. The predicted octanol–water partition coefficient (Wildman–Crippen LogP) is 2.22. The molecule has 0 spiro atoms.